The monoisotopic (exact) mass is 343 g/mol. The molecule has 0 spiro atoms. The van der Waals surface area contributed by atoms with Gasteiger partial charge in [-0.1, -0.05) is 0 Å². The quantitative estimate of drug-likeness (QED) is 0.608. The van der Waals surface area contributed by atoms with Gasteiger partial charge >= 0.3 is 0 Å². The lowest BCUT2D eigenvalue weighted by Crippen LogP contribution is -2.11. The smallest absolute Gasteiger partial charge is 0.242 e. The van der Waals surface area contributed by atoms with E-state index < -0.39 is 0 Å². The number of anilines is 1. The topological polar surface area (TPSA) is 102 Å². The van der Waals surface area contributed by atoms with Crippen LogP contribution in [-0.4, -0.2) is 31.7 Å². The number of benzene rings is 1. The van der Waals surface area contributed by atoms with Gasteiger partial charge in [-0.2, -0.15) is 5.26 Å². The van der Waals surface area contributed by atoms with E-state index in [-0.39, 0.29) is 0 Å². The van der Waals surface area contributed by atoms with Crippen molar-refractivity contribution >= 4 is 17.1 Å². The highest BCUT2D eigenvalue weighted by Gasteiger charge is 2.11. The van der Waals surface area contributed by atoms with E-state index in [0.29, 0.717) is 22.9 Å². The van der Waals surface area contributed by atoms with Crippen LogP contribution in [0.5, 0.6) is 5.75 Å². The van der Waals surface area contributed by atoms with E-state index >= 15 is 0 Å². The number of nitriles is 1. The molecule has 0 atom stereocenters. The highest BCUT2D eigenvalue weighted by Crippen LogP contribution is 2.24. The molecule has 8 heteroatoms. The van der Waals surface area contributed by atoms with Crippen LogP contribution in [0.3, 0.4) is 0 Å². The number of rotatable bonds is 4. The molecule has 4 rings (SSSR count). The summed E-state index contributed by atoms with van der Waals surface area (Å²) >= 11 is 0. The summed E-state index contributed by atoms with van der Waals surface area (Å²) in [5.41, 5.74) is 6.17. The maximum Gasteiger partial charge on any atom is 0.242 e. The largest absolute Gasteiger partial charge is 0.497 e. The first-order valence-corrected chi connectivity index (χ1v) is 7.75. The second kappa shape index (κ2) is 6.49. The summed E-state index contributed by atoms with van der Waals surface area (Å²) in [4.78, 5) is 17.2. The number of nitrogens with zero attached hydrogens (tertiary/aromatic N) is 6. The summed E-state index contributed by atoms with van der Waals surface area (Å²) in [6, 6.07) is 13.1. The third kappa shape index (κ3) is 2.78. The van der Waals surface area contributed by atoms with Crippen molar-refractivity contribution < 1.29 is 4.74 Å². The van der Waals surface area contributed by atoms with Crippen LogP contribution in [0.25, 0.3) is 22.4 Å². The molecule has 26 heavy (non-hydrogen) atoms. The Morgan fingerprint density at radius 1 is 1.12 bits per heavy atom. The van der Waals surface area contributed by atoms with Crippen LogP contribution < -0.4 is 10.2 Å². The van der Waals surface area contributed by atoms with Crippen LogP contribution in [-0.2, 0) is 0 Å². The number of methoxy groups -OCH3 is 1. The molecule has 0 bridgehead atoms. The number of pyridine rings is 1. The molecule has 0 saturated carbocycles. The maximum atomic E-state index is 9.37. The summed E-state index contributed by atoms with van der Waals surface area (Å²) in [6.07, 6.45) is 4.78. The zero-order chi connectivity index (χ0) is 17.9. The van der Waals surface area contributed by atoms with Gasteiger partial charge in [-0.3, -0.25) is 5.43 Å². The van der Waals surface area contributed by atoms with Crippen molar-refractivity contribution in [3.05, 3.63) is 60.7 Å². The standard InChI is InChI=1S/C18H13N7O/c1-26-14-6-4-12(5-7-14)16-13(9-19)10-21-18(23-16)24-25-11-22-15-3-2-8-20-17(15)25/h2-8,10-11H,1H3,(H,21,23,24). The van der Waals surface area contributed by atoms with Crippen LogP contribution in [0.2, 0.25) is 0 Å². The van der Waals surface area contributed by atoms with E-state index in [0.717, 1.165) is 16.8 Å². The molecule has 0 unspecified atom stereocenters. The van der Waals surface area contributed by atoms with Gasteiger partial charge in [-0.05, 0) is 36.4 Å². The summed E-state index contributed by atoms with van der Waals surface area (Å²) in [5.74, 6) is 1.07. The highest BCUT2D eigenvalue weighted by atomic mass is 16.5. The first-order valence-electron chi connectivity index (χ1n) is 7.75. The van der Waals surface area contributed by atoms with Gasteiger partial charge < -0.3 is 4.74 Å². The molecular formula is C18H13N7O. The Hall–Kier alpha value is -3.99. The summed E-state index contributed by atoms with van der Waals surface area (Å²) in [7, 11) is 1.60. The second-order valence-electron chi connectivity index (χ2n) is 5.37. The van der Waals surface area contributed by atoms with Gasteiger partial charge in [0, 0.05) is 11.8 Å². The van der Waals surface area contributed by atoms with Gasteiger partial charge in [0.25, 0.3) is 0 Å². The number of hydrogen-bond donors (Lipinski definition) is 1. The van der Waals surface area contributed by atoms with Crippen molar-refractivity contribution in [3.8, 4) is 23.1 Å². The van der Waals surface area contributed by atoms with Crippen molar-refractivity contribution in [2.24, 2.45) is 0 Å². The van der Waals surface area contributed by atoms with Crippen LogP contribution >= 0.6 is 0 Å². The minimum atomic E-state index is 0.333. The van der Waals surface area contributed by atoms with E-state index in [2.05, 4.69) is 31.4 Å². The third-order valence-electron chi connectivity index (χ3n) is 3.80. The molecule has 126 valence electrons. The van der Waals surface area contributed by atoms with Crippen molar-refractivity contribution in [2.75, 3.05) is 12.5 Å². The van der Waals surface area contributed by atoms with E-state index in [9.17, 15) is 5.26 Å². The Morgan fingerprint density at radius 2 is 1.96 bits per heavy atom. The fourth-order valence-electron chi connectivity index (χ4n) is 2.53. The highest BCUT2D eigenvalue weighted by molar-refractivity contribution is 5.71. The van der Waals surface area contributed by atoms with Crippen molar-refractivity contribution in [1.82, 2.24) is 24.6 Å². The number of imidazole rings is 1. The summed E-state index contributed by atoms with van der Waals surface area (Å²) in [5, 5.41) is 9.37. The lowest BCUT2D eigenvalue weighted by molar-refractivity contribution is 0.415. The van der Waals surface area contributed by atoms with E-state index in [1.54, 1.807) is 24.3 Å². The van der Waals surface area contributed by atoms with Gasteiger partial charge in [-0.15, -0.1) is 0 Å². The van der Waals surface area contributed by atoms with E-state index in [1.807, 2.05) is 36.4 Å². The Bertz CT molecular complexity index is 1110. The Labute approximate surface area is 148 Å². The lowest BCUT2D eigenvalue weighted by atomic mass is 10.1. The maximum absolute atomic E-state index is 9.37. The number of fused-ring (bicyclic) bond motifs is 1. The molecule has 8 nitrogen and oxygen atoms in total. The Kier molecular flexibility index (Phi) is 3.88. The third-order valence-corrected chi connectivity index (χ3v) is 3.80. The van der Waals surface area contributed by atoms with Crippen molar-refractivity contribution in [1.29, 1.82) is 5.26 Å². The van der Waals surface area contributed by atoms with Gasteiger partial charge in [-0.25, -0.2) is 24.6 Å². The van der Waals surface area contributed by atoms with Crippen LogP contribution in [0, 0.1) is 11.3 Å². The van der Waals surface area contributed by atoms with Crippen molar-refractivity contribution in [3.63, 3.8) is 0 Å². The molecule has 0 fully saturated rings. The molecule has 3 heterocycles. The zero-order valence-corrected chi connectivity index (χ0v) is 13.8. The van der Waals surface area contributed by atoms with E-state index in [4.69, 9.17) is 4.74 Å². The van der Waals surface area contributed by atoms with Crippen LogP contribution in [0.15, 0.2) is 55.1 Å². The SMILES string of the molecule is COc1ccc(-c2nc(Nn3cnc4cccnc43)ncc2C#N)cc1. The molecule has 0 aliphatic rings. The summed E-state index contributed by atoms with van der Waals surface area (Å²) < 4.78 is 6.80. The minimum absolute atomic E-state index is 0.333. The minimum Gasteiger partial charge on any atom is -0.497 e. The first kappa shape index (κ1) is 15.5. The fourth-order valence-corrected chi connectivity index (χ4v) is 2.53. The predicted octanol–water partition coefficient (Wildman–Crippen LogP) is 2.64. The number of ether oxygens (including phenoxy) is 1. The first-order chi connectivity index (χ1) is 12.8. The molecule has 4 aromatic rings. The second-order valence-corrected chi connectivity index (χ2v) is 5.37. The van der Waals surface area contributed by atoms with Gasteiger partial charge in [0.05, 0.1) is 24.6 Å². The molecule has 0 saturated heterocycles. The zero-order valence-electron chi connectivity index (χ0n) is 13.8. The van der Waals surface area contributed by atoms with Crippen LogP contribution in [0.1, 0.15) is 5.56 Å². The Balaban J connectivity index is 1.73. The molecule has 0 aliphatic carbocycles. The predicted molar refractivity (Wildman–Crippen MR) is 95.3 cm³/mol. The molecular weight excluding hydrogens is 330 g/mol. The molecule has 1 aromatic carbocycles. The number of nitrogens with one attached hydrogen (secondary N) is 1. The van der Waals surface area contributed by atoms with Crippen molar-refractivity contribution in [2.45, 2.75) is 0 Å². The normalized spacial score (nSPS) is 10.5. The average Bonchev–Trinajstić information content (AvgIpc) is 3.11. The fraction of sp³-hybridized carbons (Fsp3) is 0.0556. The summed E-state index contributed by atoms with van der Waals surface area (Å²) in [6.45, 7) is 0. The van der Waals surface area contributed by atoms with Crippen LogP contribution in [0.4, 0.5) is 5.95 Å². The Morgan fingerprint density at radius 3 is 2.73 bits per heavy atom. The van der Waals surface area contributed by atoms with Gasteiger partial charge in [0.1, 0.15) is 23.7 Å². The van der Waals surface area contributed by atoms with Gasteiger partial charge in [0.2, 0.25) is 5.95 Å². The molecule has 0 amide bonds. The molecule has 0 radical (unpaired) electrons. The van der Waals surface area contributed by atoms with Gasteiger partial charge in [0.15, 0.2) is 5.65 Å². The lowest BCUT2D eigenvalue weighted by Gasteiger charge is -2.09. The molecule has 3 aromatic heterocycles. The molecule has 0 aliphatic heterocycles. The average molecular weight is 343 g/mol. The number of aromatic nitrogens is 5. The molecule has 1 N–H and O–H groups in total. The number of hydrogen-bond acceptors (Lipinski definition) is 7. The van der Waals surface area contributed by atoms with E-state index in [1.165, 1.54) is 6.20 Å².